The molecule has 5 nitrogen and oxygen atoms in total. The number of aromatic nitrogens is 2. The van der Waals surface area contributed by atoms with Crippen molar-refractivity contribution >= 4 is 65.2 Å². The topological polar surface area (TPSA) is 57.1 Å². The van der Waals surface area contributed by atoms with Gasteiger partial charge in [-0.3, -0.25) is 9.36 Å². The average Bonchev–Trinajstić information content (AvgIpc) is 3.49. The molecule has 0 amide bonds. The highest BCUT2D eigenvalue weighted by Crippen LogP contribution is 2.36. The molecule has 0 saturated carbocycles. The first kappa shape index (κ1) is 27.4. The van der Waals surface area contributed by atoms with E-state index in [1.165, 1.54) is 0 Å². The minimum Gasteiger partial charge on any atom is -0.422 e. The van der Waals surface area contributed by atoms with Crippen LogP contribution in [-0.2, 0) is 0 Å². The van der Waals surface area contributed by atoms with Gasteiger partial charge in [-0.1, -0.05) is 91.0 Å². The third kappa shape index (κ3) is 4.06. The second-order valence-corrected chi connectivity index (χ2v) is 12.5. The maximum absolute atomic E-state index is 14.3. The highest BCUT2D eigenvalue weighted by atomic mass is 16.4. The largest absolute Gasteiger partial charge is 0.422 e. The lowest BCUT2D eigenvalue weighted by Gasteiger charge is -2.15. The van der Waals surface area contributed by atoms with Gasteiger partial charge in [-0.05, 0) is 88.6 Å². The molecule has 10 aromatic rings. The normalized spacial score (nSPS) is 11.8. The van der Waals surface area contributed by atoms with Crippen molar-refractivity contribution in [2.75, 3.05) is 0 Å². The molecule has 0 fully saturated rings. The van der Waals surface area contributed by atoms with Crippen LogP contribution in [0.5, 0.6) is 0 Å². The molecule has 230 valence electrons. The van der Waals surface area contributed by atoms with Gasteiger partial charge in [-0.25, -0.2) is 4.79 Å². The summed E-state index contributed by atoms with van der Waals surface area (Å²) in [4.78, 5) is 27.4. The molecule has 0 unspecified atom stereocenters. The Balaban J connectivity index is 1.21. The summed E-state index contributed by atoms with van der Waals surface area (Å²) >= 11 is 0. The zero-order valence-corrected chi connectivity index (χ0v) is 26.1. The molecule has 0 N–H and O–H groups in total. The van der Waals surface area contributed by atoms with Gasteiger partial charge in [0.05, 0.1) is 27.6 Å². The number of pyridine rings is 1. The predicted molar refractivity (Wildman–Crippen MR) is 200 cm³/mol. The lowest BCUT2D eigenvalue weighted by molar-refractivity contribution is 0.569. The Labute approximate surface area is 279 Å². The van der Waals surface area contributed by atoms with Crippen molar-refractivity contribution in [2.24, 2.45) is 0 Å². The number of nitrogens with zero attached hydrogens (tertiary/aromatic N) is 2. The highest BCUT2D eigenvalue weighted by molar-refractivity contribution is 6.11. The molecule has 0 aliphatic carbocycles. The van der Waals surface area contributed by atoms with Gasteiger partial charge in [0.1, 0.15) is 5.58 Å². The molecule has 3 aromatic heterocycles. The van der Waals surface area contributed by atoms with Crippen molar-refractivity contribution in [3.05, 3.63) is 178 Å². The highest BCUT2D eigenvalue weighted by Gasteiger charge is 2.17. The van der Waals surface area contributed by atoms with Crippen LogP contribution in [-0.4, -0.2) is 9.13 Å². The standard InChI is InChI=1S/C44H26N2O3/c47-43-35-15-5-4-12-31(35)36-24-28(27-18-21-32-34-14-7-9-17-42(34)49-44(48)38(32)25-27)19-22-41(36)46(43)30-20-23-40-37(26-30)33-13-6-8-16-39(33)45(40)29-10-2-1-3-11-29/h1-26H. The molecule has 0 bridgehead atoms. The van der Waals surface area contributed by atoms with Crippen LogP contribution < -0.4 is 11.2 Å². The molecular formula is C44H26N2O3. The first-order chi connectivity index (χ1) is 24.1. The Bertz CT molecular complexity index is 3100. The first-order valence-electron chi connectivity index (χ1n) is 16.3. The molecule has 10 rings (SSSR count). The van der Waals surface area contributed by atoms with Crippen molar-refractivity contribution in [3.8, 4) is 22.5 Å². The van der Waals surface area contributed by atoms with E-state index < -0.39 is 0 Å². The molecule has 0 atom stereocenters. The summed E-state index contributed by atoms with van der Waals surface area (Å²) in [7, 11) is 0. The van der Waals surface area contributed by atoms with Crippen molar-refractivity contribution in [2.45, 2.75) is 0 Å². The van der Waals surface area contributed by atoms with Gasteiger partial charge in [0, 0.05) is 32.6 Å². The molecule has 0 aliphatic rings. The van der Waals surface area contributed by atoms with Gasteiger partial charge in [0.2, 0.25) is 0 Å². The zero-order valence-electron chi connectivity index (χ0n) is 26.1. The van der Waals surface area contributed by atoms with Crippen LogP contribution in [0.25, 0.3) is 87.7 Å². The predicted octanol–water partition coefficient (Wildman–Crippen LogP) is 10.2. The van der Waals surface area contributed by atoms with Crippen LogP contribution >= 0.6 is 0 Å². The van der Waals surface area contributed by atoms with Crippen molar-refractivity contribution in [3.63, 3.8) is 0 Å². The van der Waals surface area contributed by atoms with Crippen LogP contribution in [0.4, 0.5) is 0 Å². The van der Waals surface area contributed by atoms with Crippen LogP contribution in [0.15, 0.2) is 172 Å². The molecule has 0 aliphatic heterocycles. The summed E-state index contributed by atoms with van der Waals surface area (Å²) < 4.78 is 9.76. The van der Waals surface area contributed by atoms with Crippen molar-refractivity contribution in [1.82, 2.24) is 9.13 Å². The lowest BCUT2D eigenvalue weighted by atomic mass is 9.97. The van der Waals surface area contributed by atoms with Gasteiger partial charge in [0.25, 0.3) is 5.56 Å². The summed E-state index contributed by atoms with van der Waals surface area (Å²) in [6.45, 7) is 0. The van der Waals surface area contributed by atoms with Gasteiger partial charge >= 0.3 is 5.63 Å². The van der Waals surface area contributed by atoms with Crippen LogP contribution in [0.3, 0.4) is 0 Å². The van der Waals surface area contributed by atoms with E-state index >= 15 is 0 Å². The number of rotatable bonds is 3. The van der Waals surface area contributed by atoms with Crippen molar-refractivity contribution in [1.29, 1.82) is 0 Å². The van der Waals surface area contributed by atoms with E-state index in [0.29, 0.717) is 16.4 Å². The second-order valence-electron chi connectivity index (χ2n) is 12.5. The number of hydrogen-bond acceptors (Lipinski definition) is 3. The Hall–Kier alpha value is -6.72. The van der Waals surface area contributed by atoms with Crippen LogP contribution in [0.1, 0.15) is 0 Å². The molecular weight excluding hydrogens is 604 g/mol. The average molecular weight is 631 g/mol. The van der Waals surface area contributed by atoms with E-state index in [1.54, 1.807) is 0 Å². The maximum Gasteiger partial charge on any atom is 0.344 e. The van der Waals surface area contributed by atoms with Crippen LogP contribution in [0.2, 0.25) is 0 Å². The molecule has 0 spiro atoms. The van der Waals surface area contributed by atoms with E-state index in [4.69, 9.17) is 4.42 Å². The number of hydrogen-bond donors (Lipinski definition) is 0. The van der Waals surface area contributed by atoms with E-state index in [1.807, 2.05) is 108 Å². The molecule has 0 radical (unpaired) electrons. The Morgan fingerprint density at radius 3 is 1.78 bits per heavy atom. The minimum atomic E-state index is -0.361. The summed E-state index contributed by atoms with van der Waals surface area (Å²) in [6.07, 6.45) is 0. The van der Waals surface area contributed by atoms with Gasteiger partial charge < -0.3 is 8.98 Å². The van der Waals surface area contributed by atoms with Crippen molar-refractivity contribution < 1.29 is 4.42 Å². The second kappa shape index (κ2) is 10.4. The summed E-state index contributed by atoms with van der Waals surface area (Å²) in [5.74, 6) is 0. The molecule has 0 saturated heterocycles. The van der Waals surface area contributed by atoms with E-state index in [2.05, 4.69) is 59.2 Å². The monoisotopic (exact) mass is 630 g/mol. The maximum atomic E-state index is 14.3. The quantitative estimate of drug-likeness (QED) is 0.144. The van der Waals surface area contributed by atoms with E-state index in [0.717, 1.165) is 71.4 Å². The molecule has 49 heavy (non-hydrogen) atoms. The lowest BCUT2D eigenvalue weighted by Crippen LogP contribution is -2.19. The minimum absolute atomic E-state index is 0.0720. The molecule has 3 heterocycles. The van der Waals surface area contributed by atoms with E-state index in [9.17, 15) is 9.59 Å². The van der Waals surface area contributed by atoms with Gasteiger partial charge in [-0.2, -0.15) is 0 Å². The third-order valence-corrected chi connectivity index (χ3v) is 9.77. The Morgan fingerprint density at radius 2 is 0.939 bits per heavy atom. The SMILES string of the molecule is O=c1oc2ccccc2c2ccc(-c3ccc4c(c3)c3ccccc3c(=O)n4-c3ccc4c(c3)c3ccccc3n4-c3ccccc3)cc12. The third-order valence-electron chi connectivity index (χ3n) is 9.77. The number of fused-ring (bicyclic) bond motifs is 9. The fourth-order valence-electron chi connectivity index (χ4n) is 7.53. The van der Waals surface area contributed by atoms with Gasteiger partial charge in [-0.15, -0.1) is 0 Å². The molecule has 7 aromatic carbocycles. The molecule has 5 heteroatoms. The summed E-state index contributed by atoms with van der Waals surface area (Å²) in [5, 5.41) is 6.97. The fraction of sp³-hybridized carbons (Fsp3) is 0. The van der Waals surface area contributed by atoms with Gasteiger partial charge in [0.15, 0.2) is 0 Å². The van der Waals surface area contributed by atoms with E-state index in [-0.39, 0.29) is 11.2 Å². The Kier molecular flexibility index (Phi) is 5.81. The Morgan fingerprint density at radius 1 is 0.367 bits per heavy atom. The first-order valence-corrected chi connectivity index (χ1v) is 16.3. The summed E-state index contributed by atoms with van der Waals surface area (Å²) in [5.41, 5.74) is 6.86. The fourth-order valence-corrected chi connectivity index (χ4v) is 7.53. The zero-order chi connectivity index (χ0) is 32.6. The number of benzene rings is 7. The summed E-state index contributed by atoms with van der Waals surface area (Å²) in [6, 6.07) is 52.5. The smallest absolute Gasteiger partial charge is 0.344 e. The number of para-hydroxylation sites is 3. The van der Waals surface area contributed by atoms with Crippen LogP contribution in [0, 0.1) is 0 Å².